The third-order valence-corrected chi connectivity index (χ3v) is 3.26. The van der Waals surface area contributed by atoms with E-state index >= 15 is 0 Å². The van der Waals surface area contributed by atoms with E-state index in [1.165, 1.54) is 0 Å². The lowest BCUT2D eigenvalue weighted by Crippen LogP contribution is -2.32. The van der Waals surface area contributed by atoms with E-state index in [1.807, 2.05) is 18.2 Å². The zero-order valence-electron chi connectivity index (χ0n) is 12.5. The van der Waals surface area contributed by atoms with Crippen LogP contribution < -0.4 is 4.74 Å². The van der Waals surface area contributed by atoms with Gasteiger partial charge in [0.15, 0.2) is 11.9 Å². The maximum atomic E-state index is 12.3. The lowest BCUT2D eigenvalue weighted by molar-refractivity contribution is -0.147. The Kier molecular flexibility index (Phi) is 4.94. The molecule has 0 aliphatic heterocycles. The van der Waals surface area contributed by atoms with Gasteiger partial charge < -0.3 is 9.84 Å². The SMILES string of the molecule is CC(C)C(Oc1ccc(C(=O)c2ccccc2)cc1)C(=O)O. The van der Waals surface area contributed by atoms with Gasteiger partial charge in [0.25, 0.3) is 0 Å². The third-order valence-electron chi connectivity index (χ3n) is 3.26. The van der Waals surface area contributed by atoms with E-state index in [0.717, 1.165) is 0 Å². The molecule has 1 atom stereocenters. The second-order valence-electron chi connectivity index (χ2n) is 5.34. The Labute approximate surface area is 129 Å². The van der Waals surface area contributed by atoms with E-state index in [4.69, 9.17) is 9.84 Å². The Bertz CT molecular complexity index is 645. The Balaban J connectivity index is 2.14. The summed E-state index contributed by atoms with van der Waals surface area (Å²) >= 11 is 0. The monoisotopic (exact) mass is 298 g/mol. The highest BCUT2D eigenvalue weighted by Crippen LogP contribution is 2.19. The third kappa shape index (κ3) is 3.73. The van der Waals surface area contributed by atoms with Crippen molar-refractivity contribution in [3.8, 4) is 5.75 Å². The molecule has 114 valence electrons. The van der Waals surface area contributed by atoms with Crippen LogP contribution in [-0.2, 0) is 4.79 Å². The highest BCUT2D eigenvalue weighted by molar-refractivity contribution is 6.08. The van der Waals surface area contributed by atoms with E-state index < -0.39 is 12.1 Å². The molecule has 0 spiro atoms. The van der Waals surface area contributed by atoms with E-state index in [-0.39, 0.29) is 11.7 Å². The van der Waals surface area contributed by atoms with Gasteiger partial charge in [-0.25, -0.2) is 4.79 Å². The molecule has 0 aliphatic rings. The smallest absolute Gasteiger partial charge is 0.345 e. The van der Waals surface area contributed by atoms with Crippen LogP contribution in [0.25, 0.3) is 0 Å². The van der Waals surface area contributed by atoms with Gasteiger partial charge in [0, 0.05) is 17.0 Å². The lowest BCUT2D eigenvalue weighted by atomic mass is 10.0. The molecule has 1 N–H and O–H groups in total. The van der Waals surface area contributed by atoms with Crippen molar-refractivity contribution in [2.24, 2.45) is 5.92 Å². The van der Waals surface area contributed by atoms with E-state index in [1.54, 1.807) is 50.2 Å². The molecule has 0 amide bonds. The second-order valence-corrected chi connectivity index (χ2v) is 5.34. The van der Waals surface area contributed by atoms with Gasteiger partial charge in [-0.2, -0.15) is 0 Å². The summed E-state index contributed by atoms with van der Waals surface area (Å²) in [6.07, 6.45) is -0.907. The number of rotatable bonds is 6. The molecule has 4 heteroatoms. The predicted octanol–water partition coefficient (Wildman–Crippen LogP) is 3.41. The average Bonchev–Trinajstić information content (AvgIpc) is 2.52. The number of carboxylic acids is 1. The molecule has 4 nitrogen and oxygen atoms in total. The molecule has 2 rings (SSSR count). The van der Waals surface area contributed by atoms with Crippen molar-refractivity contribution >= 4 is 11.8 Å². The molecular weight excluding hydrogens is 280 g/mol. The van der Waals surface area contributed by atoms with Crippen LogP contribution in [0.3, 0.4) is 0 Å². The van der Waals surface area contributed by atoms with Crippen molar-refractivity contribution in [1.29, 1.82) is 0 Å². The van der Waals surface area contributed by atoms with E-state index in [2.05, 4.69) is 0 Å². The second kappa shape index (κ2) is 6.89. The zero-order valence-corrected chi connectivity index (χ0v) is 12.5. The molecule has 2 aromatic rings. The Morgan fingerprint density at radius 1 is 0.909 bits per heavy atom. The first-order valence-corrected chi connectivity index (χ1v) is 7.08. The molecule has 2 aromatic carbocycles. The number of hydrogen-bond acceptors (Lipinski definition) is 3. The van der Waals surface area contributed by atoms with Gasteiger partial charge in [-0.05, 0) is 24.3 Å². The van der Waals surface area contributed by atoms with Crippen molar-refractivity contribution in [2.45, 2.75) is 20.0 Å². The molecule has 1 unspecified atom stereocenters. The molecule has 0 aromatic heterocycles. The van der Waals surface area contributed by atoms with E-state index in [0.29, 0.717) is 16.9 Å². The fraction of sp³-hybridized carbons (Fsp3) is 0.222. The van der Waals surface area contributed by atoms with Gasteiger partial charge in [-0.3, -0.25) is 4.79 Å². The minimum absolute atomic E-state index is 0.0780. The van der Waals surface area contributed by atoms with Crippen molar-refractivity contribution in [2.75, 3.05) is 0 Å². The standard InChI is InChI=1S/C18H18O4/c1-12(2)17(18(20)21)22-15-10-8-14(9-11-15)16(19)13-6-4-3-5-7-13/h3-12,17H,1-2H3,(H,20,21). The number of ketones is 1. The lowest BCUT2D eigenvalue weighted by Gasteiger charge is -2.18. The summed E-state index contributed by atoms with van der Waals surface area (Å²) in [7, 11) is 0. The molecule has 0 saturated carbocycles. The van der Waals surface area contributed by atoms with Crippen molar-refractivity contribution in [3.63, 3.8) is 0 Å². The van der Waals surface area contributed by atoms with Gasteiger partial charge in [0.2, 0.25) is 0 Å². The number of carboxylic acid groups (broad SMARTS) is 1. The minimum atomic E-state index is -1.00. The van der Waals surface area contributed by atoms with Gasteiger partial charge >= 0.3 is 5.97 Å². The van der Waals surface area contributed by atoms with Crippen LogP contribution in [0.15, 0.2) is 54.6 Å². The first-order chi connectivity index (χ1) is 10.5. The fourth-order valence-corrected chi connectivity index (χ4v) is 2.06. The number of aliphatic carboxylic acids is 1. The minimum Gasteiger partial charge on any atom is -0.478 e. The van der Waals surface area contributed by atoms with Gasteiger partial charge in [-0.1, -0.05) is 44.2 Å². The molecule has 22 heavy (non-hydrogen) atoms. The first-order valence-electron chi connectivity index (χ1n) is 7.08. The topological polar surface area (TPSA) is 63.6 Å². The molecular formula is C18H18O4. The van der Waals surface area contributed by atoms with Crippen LogP contribution in [0.1, 0.15) is 29.8 Å². The highest BCUT2D eigenvalue weighted by atomic mass is 16.5. The largest absolute Gasteiger partial charge is 0.478 e. The number of carbonyl (C=O) groups is 2. The van der Waals surface area contributed by atoms with Crippen LogP contribution in [-0.4, -0.2) is 23.0 Å². The quantitative estimate of drug-likeness (QED) is 0.830. The van der Waals surface area contributed by atoms with Gasteiger partial charge in [0.05, 0.1) is 0 Å². The summed E-state index contributed by atoms with van der Waals surface area (Å²) in [5.41, 5.74) is 1.15. The fourth-order valence-electron chi connectivity index (χ4n) is 2.06. The molecule has 0 saturated heterocycles. The van der Waals surface area contributed by atoms with Gasteiger partial charge in [0.1, 0.15) is 5.75 Å². The number of ether oxygens (including phenoxy) is 1. The van der Waals surface area contributed by atoms with Crippen molar-refractivity contribution < 1.29 is 19.4 Å². The number of carbonyl (C=O) groups excluding carboxylic acids is 1. The van der Waals surface area contributed by atoms with Crippen molar-refractivity contribution in [1.82, 2.24) is 0 Å². The van der Waals surface area contributed by atoms with Crippen LogP contribution in [0.2, 0.25) is 0 Å². The maximum absolute atomic E-state index is 12.3. The highest BCUT2D eigenvalue weighted by Gasteiger charge is 2.23. The number of hydrogen-bond donors (Lipinski definition) is 1. The first kappa shape index (κ1) is 15.8. The Hall–Kier alpha value is -2.62. The zero-order chi connectivity index (χ0) is 16.1. The predicted molar refractivity (Wildman–Crippen MR) is 83.2 cm³/mol. The summed E-state index contributed by atoms with van der Waals surface area (Å²) < 4.78 is 5.47. The molecule has 0 fully saturated rings. The Morgan fingerprint density at radius 3 is 1.95 bits per heavy atom. The normalized spacial score (nSPS) is 12.0. The van der Waals surface area contributed by atoms with Crippen molar-refractivity contribution in [3.05, 3.63) is 65.7 Å². The number of benzene rings is 2. The van der Waals surface area contributed by atoms with Crippen LogP contribution in [0.4, 0.5) is 0 Å². The molecule has 0 bridgehead atoms. The van der Waals surface area contributed by atoms with Crippen LogP contribution in [0.5, 0.6) is 5.75 Å². The Morgan fingerprint density at radius 2 is 1.45 bits per heavy atom. The average molecular weight is 298 g/mol. The maximum Gasteiger partial charge on any atom is 0.345 e. The molecule has 0 heterocycles. The summed E-state index contributed by atoms with van der Waals surface area (Å²) in [6.45, 7) is 3.57. The van der Waals surface area contributed by atoms with Crippen LogP contribution >= 0.6 is 0 Å². The van der Waals surface area contributed by atoms with Gasteiger partial charge in [-0.15, -0.1) is 0 Å². The molecule has 0 radical (unpaired) electrons. The van der Waals surface area contributed by atoms with E-state index in [9.17, 15) is 9.59 Å². The molecule has 0 aliphatic carbocycles. The van der Waals surface area contributed by atoms with Crippen LogP contribution in [0, 0.1) is 5.92 Å². The summed E-state index contributed by atoms with van der Waals surface area (Å²) in [6, 6.07) is 15.5. The summed E-state index contributed by atoms with van der Waals surface area (Å²) in [4.78, 5) is 23.4. The summed E-state index contributed by atoms with van der Waals surface area (Å²) in [5.74, 6) is -0.793. The summed E-state index contributed by atoms with van der Waals surface area (Å²) in [5, 5.41) is 9.12.